The molecule has 0 unspecified atom stereocenters. The first kappa shape index (κ1) is 19.2. The van der Waals surface area contributed by atoms with Crippen molar-refractivity contribution in [1.82, 2.24) is 0 Å². The van der Waals surface area contributed by atoms with E-state index in [4.69, 9.17) is 11.6 Å². The van der Waals surface area contributed by atoms with E-state index in [9.17, 15) is 17.6 Å². The molecule has 0 atom stereocenters. The predicted octanol–water partition coefficient (Wildman–Crippen LogP) is 3.66. The minimum absolute atomic E-state index is 0.00271. The lowest BCUT2D eigenvalue weighted by Crippen LogP contribution is -2.32. The standard InChI is InChI=1S/C17H18ClFN2O3S/c1-25(23,24)21(16-9-3-2-8-15(16)19)11-5-10-17(22)20-14-7-4-6-13(18)12-14/h2-4,6-9,12H,5,10-11H2,1H3,(H,20,22). The van der Waals surface area contributed by atoms with E-state index in [0.29, 0.717) is 10.7 Å². The highest BCUT2D eigenvalue weighted by atomic mass is 35.5. The zero-order chi connectivity index (χ0) is 18.4. The van der Waals surface area contributed by atoms with Crippen molar-refractivity contribution in [1.29, 1.82) is 0 Å². The van der Waals surface area contributed by atoms with Gasteiger partial charge >= 0.3 is 0 Å². The number of anilines is 2. The van der Waals surface area contributed by atoms with Gasteiger partial charge in [0.25, 0.3) is 0 Å². The van der Waals surface area contributed by atoms with Crippen molar-refractivity contribution in [3.63, 3.8) is 0 Å². The predicted molar refractivity (Wildman–Crippen MR) is 97.9 cm³/mol. The summed E-state index contributed by atoms with van der Waals surface area (Å²) in [7, 11) is -3.66. The molecule has 0 aliphatic carbocycles. The van der Waals surface area contributed by atoms with Crippen LogP contribution in [0.5, 0.6) is 0 Å². The van der Waals surface area contributed by atoms with Crippen molar-refractivity contribution >= 4 is 38.9 Å². The van der Waals surface area contributed by atoms with Gasteiger partial charge in [-0.2, -0.15) is 0 Å². The summed E-state index contributed by atoms with van der Waals surface area (Å²) in [4.78, 5) is 12.0. The fourth-order valence-corrected chi connectivity index (χ4v) is 3.45. The Morgan fingerprint density at radius 1 is 1.20 bits per heavy atom. The van der Waals surface area contributed by atoms with Crippen molar-refractivity contribution in [3.8, 4) is 0 Å². The number of halogens is 2. The number of hydrogen-bond acceptors (Lipinski definition) is 3. The largest absolute Gasteiger partial charge is 0.326 e. The van der Waals surface area contributed by atoms with Crippen molar-refractivity contribution in [2.24, 2.45) is 0 Å². The third-order valence-electron chi connectivity index (χ3n) is 3.39. The third kappa shape index (κ3) is 5.72. The van der Waals surface area contributed by atoms with E-state index >= 15 is 0 Å². The van der Waals surface area contributed by atoms with Crippen molar-refractivity contribution in [2.45, 2.75) is 12.8 Å². The molecule has 0 aliphatic rings. The molecule has 2 rings (SSSR count). The molecule has 0 heterocycles. The number of amides is 1. The first-order chi connectivity index (χ1) is 11.8. The number of carbonyl (C=O) groups excluding carboxylic acids is 1. The maximum atomic E-state index is 13.9. The van der Waals surface area contributed by atoms with Gasteiger partial charge < -0.3 is 5.32 Å². The lowest BCUT2D eigenvalue weighted by Gasteiger charge is -2.22. The van der Waals surface area contributed by atoms with Crippen LogP contribution in [0.1, 0.15) is 12.8 Å². The van der Waals surface area contributed by atoms with Crippen LogP contribution in [-0.2, 0) is 14.8 Å². The number of nitrogens with one attached hydrogen (secondary N) is 1. The summed E-state index contributed by atoms with van der Waals surface area (Å²) in [6.45, 7) is 0.00271. The Kier molecular flexibility index (Phi) is 6.39. The fraction of sp³-hybridized carbons (Fsp3) is 0.235. The van der Waals surface area contributed by atoms with Gasteiger partial charge in [-0.1, -0.05) is 29.8 Å². The van der Waals surface area contributed by atoms with E-state index in [0.717, 1.165) is 10.6 Å². The molecule has 5 nitrogen and oxygen atoms in total. The number of para-hydroxylation sites is 1. The SMILES string of the molecule is CS(=O)(=O)N(CCCC(=O)Nc1cccc(Cl)c1)c1ccccc1F. The number of rotatable bonds is 7. The Morgan fingerprint density at radius 2 is 1.92 bits per heavy atom. The van der Waals surface area contributed by atoms with E-state index in [2.05, 4.69) is 5.32 Å². The first-order valence-electron chi connectivity index (χ1n) is 7.55. The van der Waals surface area contributed by atoms with Gasteiger partial charge in [0, 0.05) is 23.7 Å². The molecule has 1 N–H and O–H groups in total. The first-order valence-corrected chi connectivity index (χ1v) is 9.77. The molecule has 1 amide bonds. The lowest BCUT2D eigenvalue weighted by molar-refractivity contribution is -0.116. The lowest BCUT2D eigenvalue weighted by atomic mass is 10.2. The molecule has 2 aromatic carbocycles. The average Bonchev–Trinajstić information content (AvgIpc) is 2.51. The highest BCUT2D eigenvalue weighted by molar-refractivity contribution is 7.92. The molecule has 0 bridgehead atoms. The smallest absolute Gasteiger partial charge is 0.232 e. The molecule has 0 spiro atoms. The topological polar surface area (TPSA) is 66.5 Å². The summed E-state index contributed by atoms with van der Waals surface area (Å²) in [5.74, 6) is -0.902. The maximum absolute atomic E-state index is 13.9. The minimum atomic E-state index is -3.66. The van der Waals surface area contributed by atoms with Crippen LogP contribution in [0, 0.1) is 5.82 Å². The zero-order valence-corrected chi connectivity index (χ0v) is 15.1. The van der Waals surface area contributed by atoms with Gasteiger partial charge in [-0.05, 0) is 36.8 Å². The number of hydrogen-bond donors (Lipinski definition) is 1. The second-order valence-corrected chi connectivity index (χ2v) is 7.79. The van der Waals surface area contributed by atoms with Crippen LogP contribution in [0.3, 0.4) is 0 Å². The van der Waals surface area contributed by atoms with Crippen molar-refractivity contribution < 1.29 is 17.6 Å². The molecule has 134 valence electrons. The van der Waals surface area contributed by atoms with Crippen molar-refractivity contribution in [2.75, 3.05) is 22.4 Å². The third-order valence-corrected chi connectivity index (χ3v) is 4.81. The molecule has 0 aromatic heterocycles. The normalized spacial score (nSPS) is 11.2. The van der Waals surface area contributed by atoms with E-state index in [-0.39, 0.29) is 31.0 Å². The molecular formula is C17H18ClFN2O3S. The van der Waals surface area contributed by atoms with E-state index in [1.54, 1.807) is 30.3 Å². The van der Waals surface area contributed by atoms with Gasteiger partial charge in [-0.25, -0.2) is 12.8 Å². The van der Waals surface area contributed by atoms with Crippen LogP contribution < -0.4 is 9.62 Å². The molecule has 0 saturated heterocycles. The van der Waals surface area contributed by atoms with Gasteiger partial charge in [0.15, 0.2) is 0 Å². The van der Waals surface area contributed by atoms with Gasteiger partial charge in [-0.3, -0.25) is 9.10 Å². The monoisotopic (exact) mass is 384 g/mol. The van der Waals surface area contributed by atoms with Gasteiger partial charge in [0.2, 0.25) is 15.9 Å². The van der Waals surface area contributed by atoms with Gasteiger partial charge in [-0.15, -0.1) is 0 Å². The number of sulfonamides is 1. The van der Waals surface area contributed by atoms with Crippen LogP contribution in [0.25, 0.3) is 0 Å². The molecule has 0 aliphatic heterocycles. The highest BCUT2D eigenvalue weighted by Gasteiger charge is 2.20. The molecular weight excluding hydrogens is 367 g/mol. The Hall–Kier alpha value is -2.12. The van der Waals surface area contributed by atoms with Crippen LogP contribution in [0.4, 0.5) is 15.8 Å². The Morgan fingerprint density at radius 3 is 2.56 bits per heavy atom. The van der Waals surface area contributed by atoms with E-state index in [1.807, 2.05) is 0 Å². The molecule has 25 heavy (non-hydrogen) atoms. The number of benzene rings is 2. The molecule has 0 saturated carbocycles. The van der Waals surface area contributed by atoms with Crippen LogP contribution in [-0.4, -0.2) is 27.1 Å². The number of carbonyl (C=O) groups is 1. The summed E-state index contributed by atoms with van der Waals surface area (Å²) in [6, 6.07) is 12.3. The molecule has 0 radical (unpaired) electrons. The molecule has 0 fully saturated rings. The molecule has 2 aromatic rings. The second kappa shape index (κ2) is 8.31. The second-order valence-electron chi connectivity index (χ2n) is 5.45. The summed E-state index contributed by atoms with van der Waals surface area (Å²) in [6.07, 6.45) is 1.34. The summed E-state index contributed by atoms with van der Waals surface area (Å²) >= 11 is 5.85. The summed E-state index contributed by atoms with van der Waals surface area (Å²) in [5.41, 5.74) is 0.534. The summed E-state index contributed by atoms with van der Waals surface area (Å²) in [5, 5.41) is 3.18. The Balaban J connectivity index is 1.97. The quantitative estimate of drug-likeness (QED) is 0.792. The maximum Gasteiger partial charge on any atom is 0.232 e. The average molecular weight is 385 g/mol. The van der Waals surface area contributed by atoms with Gasteiger partial charge in [0.1, 0.15) is 5.82 Å². The van der Waals surface area contributed by atoms with E-state index < -0.39 is 15.8 Å². The van der Waals surface area contributed by atoms with Crippen molar-refractivity contribution in [3.05, 3.63) is 59.4 Å². The van der Waals surface area contributed by atoms with Crippen LogP contribution in [0.15, 0.2) is 48.5 Å². The van der Waals surface area contributed by atoms with E-state index in [1.165, 1.54) is 18.2 Å². The Labute approximate surface area is 151 Å². The van der Waals surface area contributed by atoms with Gasteiger partial charge in [0.05, 0.1) is 11.9 Å². The van der Waals surface area contributed by atoms with Crippen LogP contribution >= 0.6 is 11.6 Å². The fourth-order valence-electron chi connectivity index (χ4n) is 2.29. The molecule has 8 heteroatoms. The highest BCUT2D eigenvalue weighted by Crippen LogP contribution is 2.22. The number of nitrogens with zero attached hydrogens (tertiary/aromatic N) is 1. The van der Waals surface area contributed by atoms with Crippen LogP contribution in [0.2, 0.25) is 5.02 Å². The minimum Gasteiger partial charge on any atom is -0.326 e. The summed E-state index contributed by atoms with van der Waals surface area (Å²) < 4.78 is 38.7. The zero-order valence-electron chi connectivity index (χ0n) is 13.6. The Bertz CT molecular complexity index is 858.